The third kappa shape index (κ3) is 3.63. The van der Waals surface area contributed by atoms with Crippen LogP contribution in [0.3, 0.4) is 0 Å². The fourth-order valence-electron chi connectivity index (χ4n) is 4.23. The molecule has 3 heterocycles. The highest BCUT2D eigenvalue weighted by Crippen LogP contribution is 2.42. The summed E-state index contributed by atoms with van der Waals surface area (Å²) in [5.74, 6) is -1.62. The number of piperidine rings is 1. The number of nitrogens with zero attached hydrogens (tertiary/aromatic N) is 3. The van der Waals surface area contributed by atoms with Crippen molar-refractivity contribution < 1.29 is 18.0 Å². The Morgan fingerprint density at radius 2 is 1.78 bits per heavy atom. The van der Waals surface area contributed by atoms with Crippen molar-refractivity contribution in [3.8, 4) is 0 Å². The molecule has 27 heavy (non-hydrogen) atoms. The number of anilines is 1. The minimum Gasteiger partial charge on any atom is -0.369 e. The van der Waals surface area contributed by atoms with Gasteiger partial charge in [-0.1, -0.05) is 0 Å². The molecule has 0 N–H and O–H groups in total. The van der Waals surface area contributed by atoms with Gasteiger partial charge in [0.25, 0.3) is 0 Å². The van der Waals surface area contributed by atoms with Gasteiger partial charge in [0, 0.05) is 50.3 Å². The van der Waals surface area contributed by atoms with Gasteiger partial charge in [0.05, 0.1) is 11.9 Å². The zero-order valence-corrected chi connectivity index (χ0v) is 14.8. The predicted octanol–water partition coefficient (Wildman–Crippen LogP) is 3.52. The maximum atomic E-state index is 13.9. The highest BCUT2D eigenvalue weighted by molar-refractivity contribution is 5.79. The highest BCUT2D eigenvalue weighted by atomic mass is 19.1. The van der Waals surface area contributed by atoms with Crippen LogP contribution in [0, 0.1) is 22.9 Å². The average molecular weight is 375 g/mol. The van der Waals surface area contributed by atoms with Crippen LogP contribution >= 0.6 is 0 Å². The summed E-state index contributed by atoms with van der Waals surface area (Å²) in [6, 6.07) is 5.01. The molecule has 2 aromatic rings. The van der Waals surface area contributed by atoms with Gasteiger partial charge in [0.1, 0.15) is 11.6 Å². The lowest BCUT2D eigenvalue weighted by Crippen LogP contribution is -2.42. The van der Waals surface area contributed by atoms with Crippen LogP contribution in [0.4, 0.5) is 18.9 Å². The van der Waals surface area contributed by atoms with Crippen LogP contribution in [0.2, 0.25) is 0 Å². The van der Waals surface area contributed by atoms with E-state index in [9.17, 15) is 18.0 Å². The zero-order valence-electron chi connectivity index (χ0n) is 14.8. The summed E-state index contributed by atoms with van der Waals surface area (Å²) in [4.78, 5) is 19.9. The molecular formula is C20H20F3N3O. The Morgan fingerprint density at radius 3 is 2.44 bits per heavy atom. The molecule has 0 aliphatic carbocycles. The highest BCUT2D eigenvalue weighted by Gasteiger charge is 2.45. The molecule has 2 saturated heterocycles. The number of amides is 1. The normalized spacial score (nSPS) is 19.1. The standard InChI is InChI=1S/C20H20F3N3O/c21-15-7-14(8-16(22)9-15)12-26-13-20(10-19(26)27)2-5-25(6-3-20)18-1-4-24-11-17(18)23/h1,4,7-9,11H,2-3,5-6,10,12-13H2. The second-order valence-corrected chi connectivity index (χ2v) is 7.52. The smallest absolute Gasteiger partial charge is 0.223 e. The fraction of sp³-hybridized carbons (Fsp3) is 0.400. The first-order valence-corrected chi connectivity index (χ1v) is 9.01. The number of hydrogen-bond acceptors (Lipinski definition) is 3. The Kier molecular flexibility index (Phi) is 4.53. The van der Waals surface area contributed by atoms with E-state index in [2.05, 4.69) is 4.98 Å². The van der Waals surface area contributed by atoms with Crippen molar-refractivity contribution in [2.45, 2.75) is 25.8 Å². The van der Waals surface area contributed by atoms with E-state index in [4.69, 9.17) is 0 Å². The summed E-state index contributed by atoms with van der Waals surface area (Å²) in [7, 11) is 0. The topological polar surface area (TPSA) is 36.4 Å². The molecule has 0 radical (unpaired) electrons. The molecule has 4 rings (SSSR count). The number of pyridine rings is 1. The molecule has 1 spiro atoms. The number of aromatic nitrogens is 1. The van der Waals surface area contributed by atoms with Gasteiger partial charge in [-0.3, -0.25) is 9.78 Å². The van der Waals surface area contributed by atoms with Crippen LogP contribution < -0.4 is 4.90 Å². The molecule has 0 saturated carbocycles. The van der Waals surface area contributed by atoms with Crippen LogP contribution in [-0.2, 0) is 11.3 Å². The van der Waals surface area contributed by atoms with Gasteiger partial charge in [-0.15, -0.1) is 0 Å². The zero-order chi connectivity index (χ0) is 19.0. The molecule has 0 bridgehead atoms. The predicted molar refractivity (Wildman–Crippen MR) is 94.5 cm³/mol. The minimum absolute atomic E-state index is 0.00297. The molecule has 1 aromatic heterocycles. The first-order chi connectivity index (χ1) is 12.9. The Balaban J connectivity index is 1.42. The lowest BCUT2D eigenvalue weighted by atomic mass is 9.77. The van der Waals surface area contributed by atoms with Crippen molar-refractivity contribution in [2.75, 3.05) is 24.5 Å². The number of rotatable bonds is 3. The molecular weight excluding hydrogens is 355 g/mol. The Morgan fingerprint density at radius 1 is 1.07 bits per heavy atom. The Labute approximate surface area is 155 Å². The molecule has 2 fully saturated rings. The molecule has 1 aromatic carbocycles. The number of likely N-dealkylation sites (tertiary alicyclic amines) is 1. The Bertz CT molecular complexity index is 845. The van der Waals surface area contributed by atoms with Crippen molar-refractivity contribution in [3.05, 3.63) is 59.7 Å². The van der Waals surface area contributed by atoms with Crippen LogP contribution in [0.1, 0.15) is 24.8 Å². The van der Waals surface area contributed by atoms with Crippen LogP contribution in [0.15, 0.2) is 36.7 Å². The molecule has 0 atom stereocenters. The summed E-state index contributed by atoms with van der Waals surface area (Å²) in [6.07, 6.45) is 4.75. The van der Waals surface area contributed by atoms with Gasteiger partial charge in [0.15, 0.2) is 5.82 Å². The van der Waals surface area contributed by atoms with Gasteiger partial charge in [0.2, 0.25) is 5.91 Å². The van der Waals surface area contributed by atoms with Gasteiger partial charge < -0.3 is 9.80 Å². The first-order valence-electron chi connectivity index (χ1n) is 9.01. The molecule has 0 unspecified atom stereocenters. The molecule has 1 amide bonds. The minimum atomic E-state index is -0.640. The molecule has 2 aliphatic heterocycles. The van der Waals surface area contributed by atoms with Crippen molar-refractivity contribution >= 4 is 11.6 Å². The van der Waals surface area contributed by atoms with Crippen LogP contribution in [0.25, 0.3) is 0 Å². The van der Waals surface area contributed by atoms with Crippen LogP contribution in [0.5, 0.6) is 0 Å². The molecule has 2 aliphatic rings. The van der Waals surface area contributed by atoms with E-state index in [0.717, 1.165) is 18.9 Å². The van der Waals surface area contributed by atoms with Gasteiger partial charge in [-0.05, 0) is 36.6 Å². The molecule has 4 nitrogen and oxygen atoms in total. The monoisotopic (exact) mass is 375 g/mol. The largest absolute Gasteiger partial charge is 0.369 e. The number of carbonyl (C=O) groups excluding carboxylic acids is 1. The molecule has 7 heteroatoms. The maximum Gasteiger partial charge on any atom is 0.223 e. The summed E-state index contributed by atoms with van der Waals surface area (Å²) in [6.45, 7) is 2.10. The second kappa shape index (κ2) is 6.87. The van der Waals surface area contributed by atoms with Crippen LogP contribution in [-0.4, -0.2) is 35.4 Å². The van der Waals surface area contributed by atoms with Gasteiger partial charge in [-0.2, -0.15) is 0 Å². The van der Waals surface area contributed by atoms with Crippen molar-refractivity contribution in [1.29, 1.82) is 0 Å². The van der Waals surface area contributed by atoms with E-state index in [1.54, 1.807) is 17.2 Å². The number of halogens is 3. The third-order valence-electron chi connectivity index (χ3n) is 5.62. The van der Waals surface area contributed by atoms with Crippen molar-refractivity contribution in [2.24, 2.45) is 5.41 Å². The SMILES string of the molecule is O=C1CC2(CCN(c3ccncc3F)CC2)CN1Cc1cc(F)cc(F)c1. The second-order valence-electron chi connectivity index (χ2n) is 7.52. The maximum absolute atomic E-state index is 13.9. The summed E-state index contributed by atoms with van der Waals surface area (Å²) in [5.41, 5.74) is 0.841. The Hall–Kier alpha value is -2.57. The van der Waals surface area contributed by atoms with Gasteiger partial charge >= 0.3 is 0 Å². The summed E-state index contributed by atoms with van der Waals surface area (Å²) >= 11 is 0. The number of benzene rings is 1. The van der Waals surface area contributed by atoms with E-state index in [1.165, 1.54) is 18.3 Å². The van der Waals surface area contributed by atoms with E-state index in [-0.39, 0.29) is 23.7 Å². The molecule has 142 valence electrons. The first kappa shape index (κ1) is 17.8. The van der Waals surface area contributed by atoms with E-state index < -0.39 is 11.6 Å². The average Bonchev–Trinajstić information content (AvgIpc) is 2.90. The third-order valence-corrected chi connectivity index (χ3v) is 5.62. The quantitative estimate of drug-likeness (QED) is 0.824. The fourth-order valence-corrected chi connectivity index (χ4v) is 4.23. The van der Waals surface area contributed by atoms with E-state index >= 15 is 0 Å². The summed E-state index contributed by atoms with van der Waals surface area (Å²) < 4.78 is 40.7. The number of carbonyl (C=O) groups is 1. The van der Waals surface area contributed by atoms with E-state index in [0.29, 0.717) is 37.3 Å². The lowest BCUT2D eigenvalue weighted by molar-refractivity contribution is -0.128. The summed E-state index contributed by atoms with van der Waals surface area (Å²) in [5, 5.41) is 0. The lowest BCUT2D eigenvalue weighted by Gasteiger charge is -2.40. The van der Waals surface area contributed by atoms with E-state index in [1.807, 2.05) is 4.90 Å². The number of hydrogen-bond donors (Lipinski definition) is 0. The van der Waals surface area contributed by atoms with Crippen molar-refractivity contribution in [1.82, 2.24) is 9.88 Å². The van der Waals surface area contributed by atoms with Gasteiger partial charge in [-0.25, -0.2) is 13.2 Å². The van der Waals surface area contributed by atoms with Crippen molar-refractivity contribution in [3.63, 3.8) is 0 Å².